The van der Waals surface area contributed by atoms with Crippen LogP contribution in [-0.4, -0.2) is 6.61 Å². The molecule has 0 aromatic heterocycles. The summed E-state index contributed by atoms with van der Waals surface area (Å²) in [5, 5.41) is -0.846. The van der Waals surface area contributed by atoms with Gasteiger partial charge >= 0.3 is 0 Å². The molecular weight excluding hydrogens is 282 g/mol. The van der Waals surface area contributed by atoms with Crippen LogP contribution in [0.4, 0.5) is 8.78 Å². The molecule has 1 aliphatic heterocycles. The molecule has 0 bridgehead atoms. The molecule has 0 fully saturated rings. The Bertz CT molecular complexity index is 670. The Morgan fingerprint density at radius 3 is 2.80 bits per heavy atom. The molecular formula is C16H13ClF2O. The van der Waals surface area contributed by atoms with Gasteiger partial charge in [-0.15, -0.1) is 11.6 Å². The number of aryl methyl sites for hydroxylation is 1. The zero-order valence-electron chi connectivity index (χ0n) is 10.9. The number of hydrogen-bond acceptors (Lipinski definition) is 1. The van der Waals surface area contributed by atoms with Gasteiger partial charge in [-0.1, -0.05) is 18.2 Å². The number of halogens is 3. The minimum absolute atomic E-state index is 0.0921. The third kappa shape index (κ3) is 2.16. The van der Waals surface area contributed by atoms with Crippen molar-refractivity contribution < 1.29 is 13.5 Å². The normalized spacial score (nSPS) is 14.8. The number of ether oxygens (including phenoxy) is 1. The lowest BCUT2D eigenvalue weighted by Crippen LogP contribution is -2.03. The van der Waals surface area contributed by atoms with Crippen molar-refractivity contribution in [1.29, 1.82) is 0 Å². The summed E-state index contributed by atoms with van der Waals surface area (Å²) in [5.41, 5.74) is 2.00. The van der Waals surface area contributed by atoms with Crippen molar-refractivity contribution in [3.8, 4) is 5.75 Å². The first-order valence-corrected chi connectivity index (χ1v) is 6.86. The summed E-state index contributed by atoms with van der Waals surface area (Å²) in [7, 11) is 0. The molecule has 2 aromatic carbocycles. The van der Waals surface area contributed by atoms with Crippen LogP contribution in [0.25, 0.3) is 0 Å². The first kappa shape index (κ1) is 13.4. The lowest BCUT2D eigenvalue weighted by Gasteiger charge is -2.14. The molecule has 104 valence electrons. The van der Waals surface area contributed by atoms with E-state index in [1.54, 1.807) is 19.1 Å². The first-order valence-electron chi connectivity index (χ1n) is 6.42. The van der Waals surface area contributed by atoms with Gasteiger partial charge in [0.15, 0.2) is 0 Å². The number of fused-ring (bicyclic) bond motifs is 1. The highest BCUT2D eigenvalue weighted by Gasteiger charge is 2.23. The minimum Gasteiger partial charge on any atom is -0.493 e. The summed E-state index contributed by atoms with van der Waals surface area (Å²) < 4.78 is 33.4. The summed E-state index contributed by atoms with van der Waals surface area (Å²) in [6.07, 6.45) is 0.797. The molecule has 1 aliphatic rings. The van der Waals surface area contributed by atoms with Gasteiger partial charge in [0.2, 0.25) is 0 Å². The van der Waals surface area contributed by atoms with Crippen molar-refractivity contribution in [2.75, 3.05) is 6.61 Å². The van der Waals surface area contributed by atoms with Crippen LogP contribution in [0.2, 0.25) is 0 Å². The van der Waals surface area contributed by atoms with E-state index < -0.39 is 17.0 Å². The van der Waals surface area contributed by atoms with Gasteiger partial charge < -0.3 is 4.74 Å². The maximum atomic E-state index is 14.1. The monoisotopic (exact) mass is 294 g/mol. The molecule has 0 spiro atoms. The summed E-state index contributed by atoms with van der Waals surface area (Å²) in [4.78, 5) is 0. The van der Waals surface area contributed by atoms with Crippen molar-refractivity contribution in [3.63, 3.8) is 0 Å². The van der Waals surface area contributed by atoms with Gasteiger partial charge in [-0.3, -0.25) is 0 Å². The molecule has 0 N–H and O–H groups in total. The second kappa shape index (κ2) is 5.06. The molecule has 0 amide bonds. The van der Waals surface area contributed by atoms with Gasteiger partial charge in [-0.25, -0.2) is 8.78 Å². The van der Waals surface area contributed by atoms with Crippen LogP contribution in [0.15, 0.2) is 30.3 Å². The quantitative estimate of drug-likeness (QED) is 0.739. The number of alkyl halides is 1. The number of benzene rings is 2. The summed E-state index contributed by atoms with van der Waals surface area (Å²) in [5.74, 6) is -0.380. The molecule has 2 aromatic rings. The van der Waals surface area contributed by atoms with Crippen LogP contribution in [-0.2, 0) is 6.42 Å². The van der Waals surface area contributed by atoms with E-state index in [1.165, 1.54) is 12.1 Å². The van der Waals surface area contributed by atoms with Crippen LogP contribution in [0.1, 0.15) is 27.6 Å². The topological polar surface area (TPSA) is 9.23 Å². The second-order valence-electron chi connectivity index (χ2n) is 4.92. The molecule has 20 heavy (non-hydrogen) atoms. The summed E-state index contributed by atoms with van der Waals surface area (Å²) >= 11 is 6.30. The van der Waals surface area contributed by atoms with Gasteiger partial charge in [-0.05, 0) is 35.7 Å². The highest BCUT2D eigenvalue weighted by molar-refractivity contribution is 6.22. The molecule has 3 rings (SSSR count). The lowest BCUT2D eigenvalue weighted by atomic mass is 9.99. The molecule has 1 unspecified atom stereocenters. The van der Waals surface area contributed by atoms with E-state index in [1.807, 2.05) is 6.07 Å². The van der Waals surface area contributed by atoms with Crippen LogP contribution >= 0.6 is 11.6 Å². The Kier molecular flexibility index (Phi) is 3.38. The second-order valence-corrected chi connectivity index (χ2v) is 5.36. The molecule has 0 saturated heterocycles. The van der Waals surface area contributed by atoms with Crippen molar-refractivity contribution in [2.45, 2.75) is 18.7 Å². The Morgan fingerprint density at radius 2 is 2.00 bits per heavy atom. The summed E-state index contributed by atoms with van der Waals surface area (Å²) in [6, 6.07) is 8.08. The van der Waals surface area contributed by atoms with Gasteiger partial charge in [-0.2, -0.15) is 0 Å². The average Bonchev–Trinajstić information content (AvgIpc) is 2.90. The van der Waals surface area contributed by atoms with E-state index in [9.17, 15) is 8.78 Å². The number of hydrogen-bond donors (Lipinski definition) is 0. The minimum atomic E-state index is -0.846. The van der Waals surface area contributed by atoms with E-state index in [2.05, 4.69) is 0 Å². The van der Waals surface area contributed by atoms with E-state index >= 15 is 0 Å². The Hall–Kier alpha value is -1.61. The smallest absolute Gasteiger partial charge is 0.134 e. The highest BCUT2D eigenvalue weighted by atomic mass is 35.5. The van der Waals surface area contributed by atoms with Crippen molar-refractivity contribution in [2.24, 2.45) is 0 Å². The van der Waals surface area contributed by atoms with Crippen molar-refractivity contribution in [1.82, 2.24) is 0 Å². The van der Waals surface area contributed by atoms with Gasteiger partial charge in [0.25, 0.3) is 0 Å². The van der Waals surface area contributed by atoms with E-state index in [4.69, 9.17) is 16.3 Å². The molecule has 1 atom stereocenters. The van der Waals surface area contributed by atoms with E-state index in [0.29, 0.717) is 17.7 Å². The average molecular weight is 295 g/mol. The maximum Gasteiger partial charge on any atom is 0.134 e. The predicted molar refractivity (Wildman–Crippen MR) is 74.4 cm³/mol. The predicted octanol–water partition coefficient (Wildman–Crippen LogP) is 4.54. The SMILES string of the molecule is Cc1ccc(F)c(C(Cl)c2ccc3c(c2)CCO3)c1F. The van der Waals surface area contributed by atoms with E-state index in [0.717, 1.165) is 17.7 Å². The molecule has 4 heteroatoms. The zero-order chi connectivity index (χ0) is 14.3. The van der Waals surface area contributed by atoms with Crippen molar-refractivity contribution >= 4 is 11.6 Å². The van der Waals surface area contributed by atoms with Crippen LogP contribution in [0.5, 0.6) is 5.75 Å². The first-order chi connectivity index (χ1) is 9.58. The zero-order valence-corrected chi connectivity index (χ0v) is 11.7. The highest BCUT2D eigenvalue weighted by Crippen LogP contribution is 2.36. The van der Waals surface area contributed by atoms with E-state index in [-0.39, 0.29) is 5.56 Å². The van der Waals surface area contributed by atoms with Gasteiger partial charge in [0, 0.05) is 12.0 Å². The molecule has 0 saturated carbocycles. The van der Waals surface area contributed by atoms with Gasteiger partial charge in [0.1, 0.15) is 17.4 Å². The fraction of sp³-hybridized carbons (Fsp3) is 0.250. The Morgan fingerprint density at radius 1 is 1.20 bits per heavy atom. The van der Waals surface area contributed by atoms with Crippen LogP contribution in [0, 0.1) is 18.6 Å². The Labute approximate surface area is 121 Å². The third-order valence-electron chi connectivity index (χ3n) is 3.58. The molecule has 0 radical (unpaired) electrons. The van der Waals surface area contributed by atoms with Gasteiger partial charge in [0.05, 0.1) is 12.0 Å². The Balaban J connectivity index is 2.05. The molecule has 1 nitrogen and oxygen atoms in total. The van der Waals surface area contributed by atoms with Crippen LogP contribution < -0.4 is 4.74 Å². The standard InChI is InChI=1S/C16H13ClF2O/c1-9-2-4-12(18)14(16(9)19)15(17)11-3-5-13-10(8-11)6-7-20-13/h2-5,8,15H,6-7H2,1H3. The fourth-order valence-corrected chi connectivity index (χ4v) is 2.78. The molecule has 0 aliphatic carbocycles. The largest absolute Gasteiger partial charge is 0.493 e. The maximum absolute atomic E-state index is 14.1. The fourth-order valence-electron chi connectivity index (χ4n) is 2.44. The van der Waals surface area contributed by atoms with Crippen molar-refractivity contribution in [3.05, 3.63) is 64.2 Å². The number of rotatable bonds is 2. The lowest BCUT2D eigenvalue weighted by molar-refractivity contribution is 0.357. The van der Waals surface area contributed by atoms with Crippen LogP contribution in [0.3, 0.4) is 0 Å². The summed E-state index contributed by atoms with van der Waals surface area (Å²) in [6.45, 7) is 2.23. The third-order valence-corrected chi connectivity index (χ3v) is 4.05. The molecule has 1 heterocycles.